The zero-order chi connectivity index (χ0) is 10.7. The van der Waals surface area contributed by atoms with E-state index in [9.17, 15) is 4.79 Å². The van der Waals surface area contributed by atoms with Crippen LogP contribution in [0.25, 0.3) is 0 Å². The Balaban J connectivity index is 2.90. The number of carbonyl (C=O) groups is 1. The van der Waals surface area contributed by atoms with Crippen LogP contribution in [0, 0.1) is 5.92 Å². The monoisotopic (exact) mass is 318 g/mol. The normalized spacial score (nSPS) is 10.6. The zero-order valence-electron chi connectivity index (χ0n) is 8.18. The summed E-state index contributed by atoms with van der Waals surface area (Å²) in [5.41, 5.74) is 0.764. The van der Waals surface area contributed by atoms with Crippen LogP contribution in [-0.4, -0.2) is 5.78 Å². The average Bonchev–Trinajstić information content (AvgIpc) is 2.00. The molecule has 3 heteroatoms. The van der Waals surface area contributed by atoms with Gasteiger partial charge in [-0.05, 0) is 24.1 Å². The summed E-state index contributed by atoms with van der Waals surface area (Å²) >= 11 is 6.73. The van der Waals surface area contributed by atoms with Gasteiger partial charge in [-0.1, -0.05) is 45.7 Å². The molecule has 0 aliphatic rings. The summed E-state index contributed by atoms with van der Waals surface area (Å²) in [7, 11) is 0. The molecule has 0 spiro atoms. The molecule has 0 aliphatic carbocycles. The van der Waals surface area contributed by atoms with Crippen LogP contribution in [0.3, 0.4) is 0 Å². The van der Waals surface area contributed by atoms with Gasteiger partial charge in [-0.3, -0.25) is 4.79 Å². The van der Waals surface area contributed by atoms with E-state index in [1.807, 2.05) is 32.0 Å². The Bertz CT molecular complexity index is 325. The van der Waals surface area contributed by atoms with E-state index in [0.717, 1.165) is 14.5 Å². The molecular formula is C11H12Br2O. The third kappa shape index (κ3) is 3.54. The summed E-state index contributed by atoms with van der Waals surface area (Å²) in [5, 5.41) is 0. The molecule has 1 nitrogen and oxygen atoms in total. The SMILES string of the molecule is CC(C)CC(=O)c1cc(Br)cc(Br)c1. The first-order chi connectivity index (χ1) is 6.49. The Labute approximate surface area is 101 Å². The number of hydrogen-bond donors (Lipinski definition) is 0. The van der Waals surface area contributed by atoms with Crippen LogP contribution in [0.5, 0.6) is 0 Å². The zero-order valence-corrected chi connectivity index (χ0v) is 11.4. The van der Waals surface area contributed by atoms with Crippen molar-refractivity contribution in [3.63, 3.8) is 0 Å². The summed E-state index contributed by atoms with van der Waals surface area (Å²) < 4.78 is 1.86. The highest BCUT2D eigenvalue weighted by Gasteiger charge is 2.09. The first-order valence-electron chi connectivity index (χ1n) is 4.48. The van der Waals surface area contributed by atoms with Crippen molar-refractivity contribution in [2.24, 2.45) is 5.92 Å². The summed E-state index contributed by atoms with van der Waals surface area (Å²) in [4.78, 5) is 11.7. The van der Waals surface area contributed by atoms with Crippen molar-refractivity contribution in [1.82, 2.24) is 0 Å². The lowest BCUT2D eigenvalue weighted by Crippen LogP contribution is -2.03. The average molecular weight is 320 g/mol. The fourth-order valence-electron chi connectivity index (χ4n) is 1.20. The minimum atomic E-state index is 0.196. The number of ketones is 1. The van der Waals surface area contributed by atoms with Crippen LogP contribution in [-0.2, 0) is 0 Å². The van der Waals surface area contributed by atoms with Gasteiger partial charge in [-0.2, -0.15) is 0 Å². The number of Topliss-reactive ketones (excluding diaryl/α,β-unsaturated/α-hetero) is 1. The van der Waals surface area contributed by atoms with Gasteiger partial charge in [0, 0.05) is 20.9 Å². The molecule has 0 radical (unpaired) electrons. The minimum absolute atomic E-state index is 0.196. The highest BCUT2D eigenvalue weighted by atomic mass is 79.9. The highest BCUT2D eigenvalue weighted by molar-refractivity contribution is 9.11. The molecule has 0 aromatic heterocycles. The molecule has 0 fully saturated rings. The van der Waals surface area contributed by atoms with Crippen LogP contribution in [0.4, 0.5) is 0 Å². The van der Waals surface area contributed by atoms with Gasteiger partial charge in [-0.25, -0.2) is 0 Å². The topological polar surface area (TPSA) is 17.1 Å². The lowest BCUT2D eigenvalue weighted by molar-refractivity contribution is 0.0967. The molecule has 0 amide bonds. The molecule has 0 saturated heterocycles. The molecule has 0 atom stereocenters. The standard InChI is InChI=1S/C11H12Br2O/c1-7(2)3-11(14)8-4-9(12)6-10(13)5-8/h4-7H,3H2,1-2H3. The number of halogens is 2. The maximum Gasteiger partial charge on any atom is 0.163 e. The third-order valence-corrected chi connectivity index (χ3v) is 2.69. The Kier molecular flexibility index (Phi) is 4.32. The van der Waals surface area contributed by atoms with Crippen molar-refractivity contribution in [3.8, 4) is 0 Å². The van der Waals surface area contributed by atoms with Gasteiger partial charge in [0.05, 0.1) is 0 Å². The number of rotatable bonds is 3. The molecule has 0 bridgehead atoms. The minimum Gasteiger partial charge on any atom is -0.294 e. The summed E-state index contributed by atoms with van der Waals surface area (Å²) in [6, 6.07) is 5.64. The highest BCUT2D eigenvalue weighted by Crippen LogP contribution is 2.21. The van der Waals surface area contributed by atoms with Crippen molar-refractivity contribution < 1.29 is 4.79 Å². The van der Waals surface area contributed by atoms with Gasteiger partial charge in [-0.15, -0.1) is 0 Å². The molecule has 0 unspecified atom stereocenters. The molecular weight excluding hydrogens is 308 g/mol. The second-order valence-corrected chi connectivity index (χ2v) is 5.51. The van der Waals surface area contributed by atoms with Gasteiger partial charge in [0.1, 0.15) is 0 Å². The Morgan fingerprint density at radius 2 is 1.71 bits per heavy atom. The molecule has 1 aromatic carbocycles. The molecule has 76 valence electrons. The van der Waals surface area contributed by atoms with Gasteiger partial charge >= 0.3 is 0 Å². The summed E-state index contributed by atoms with van der Waals surface area (Å²) in [6.45, 7) is 4.09. The molecule has 0 heterocycles. The van der Waals surface area contributed by atoms with Gasteiger partial charge in [0.25, 0.3) is 0 Å². The van der Waals surface area contributed by atoms with E-state index < -0.39 is 0 Å². The molecule has 14 heavy (non-hydrogen) atoms. The molecule has 0 saturated carbocycles. The summed E-state index contributed by atoms with van der Waals surface area (Å²) in [5.74, 6) is 0.599. The van der Waals surface area contributed by atoms with Crippen molar-refractivity contribution in [1.29, 1.82) is 0 Å². The summed E-state index contributed by atoms with van der Waals surface area (Å²) in [6.07, 6.45) is 0.600. The predicted octanol–water partition coefficient (Wildman–Crippen LogP) is 4.44. The van der Waals surface area contributed by atoms with E-state index in [1.165, 1.54) is 0 Å². The van der Waals surface area contributed by atoms with E-state index in [0.29, 0.717) is 12.3 Å². The number of benzene rings is 1. The fraction of sp³-hybridized carbons (Fsp3) is 0.364. The van der Waals surface area contributed by atoms with E-state index >= 15 is 0 Å². The lowest BCUT2D eigenvalue weighted by Gasteiger charge is -2.05. The maximum atomic E-state index is 11.7. The van der Waals surface area contributed by atoms with E-state index in [2.05, 4.69) is 31.9 Å². The van der Waals surface area contributed by atoms with Crippen molar-refractivity contribution in [3.05, 3.63) is 32.7 Å². The van der Waals surface area contributed by atoms with Crippen LogP contribution >= 0.6 is 31.9 Å². The number of hydrogen-bond acceptors (Lipinski definition) is 1. The van der Waals surface area contributed by atoms with Crippen LogP contribution < -0.4 is 0 Å². The van der Waals surface area contributed by atoms with Gasteiger partial charge in [0.2, 0.25) is 0 Å². The lowest BCUT2D eigenvalue weighted by atomic mass is 10.0. The van der Waals surface area contributed by atoms with Gasteiger partial charge in [0.15, 0.2) is 5.78 Å². The van der Waals surface area contributed by atoms with Crippen LogP contribution in [0.1, 0.15) is 30.6 Å². The van der Waals surface area contributed by atoms with Crippen molar-refractivity contribution in [2.45, 2.75) is 20.3 Å². The first-order valence-corrected chi connectivity index (χ1v) is 6.07. The van der Waals surface area contributed by atoms with Gasteiger partial charge < -0.3 is 0 Å². The maximum absolute atomic E-state index is 11.7. The van der Waals surface area contributed by atoms with E-state index in [-0.39, 0.29) is 5.78 Å². The molecule has 0 N–H and O–H groups in total. The largest absolute Gasteiger partial charge is 0.294 e. The fourth-order valence-corrected chi connectivity index (χ4v) is 2.50. The predicted molar refractivity (Wildman–Crippen MR) is 65.6 cm³/mol. The van der Waals surface area contributed by atoms with Crippen molar-refractivity contribution in [2.75, 3.05) is 0 Å². The van der Waals surface area contributed by atoms with Crippen molar-refractivity contribution >= 4 is 37.6 Å². The van der Waals surface area contributed by atoms with Crippen LogP contribution in [0.2, 0.25) is 0 Å². The smallest absolute Gasteiger partial charge is 0.163 e. The van der Waals surface area contributed by atoms with E-state index in [1.54, 1.807) is 0 Å². The quantitative estimate of drug-likeness (QED) is 0.753. The Hall–Kier alpha value is -0.150. The van der Waals surface area contributed by atoms with E-state index in [4.69, 9.17) is 0 Å². The third-order valence-electron chi connectivity index (χ3n) is 1.78. The Morgan fingerprint density at radius 1 is 1.21 bits per heavy atom. The molecule has 0 aliphatic heterocycles. The second-order valence-electron chi connectivity index (χ2n) is 3.68. The first kappa shape index (κ1) is 11.9. The van der Waals surface area contributed by atoms with Crippen LogP contribution in [0.15, 0.2) is 27.1 Å². The molecule has 1 rings (SSSR count). The molecule has 1 aromatic rings. The number of carbonyl (C=O) groups excluding carboxylic acids is 1. The Morgan fingerprint density at radius 3 is 2.14 bits per heavy atom. The second kappa shape index (κ2) is 5.08.